The van der Waals surface area contributed by atoms with E-state index in [0.717, 1.165) is 10.2 Å². The van der Waals surface area contributed by atoms with Crippen molar-refractivity contribution in [1.29, 1.82) is 0 Å². The van der Waals surface area contributed by atoms with Gasteiger partial charge in [0.1, 0.15) is 5.75 Å². The summed E-state index contributed by atoms with van der Waals surface area (Å²) in [5.74, 6) is 2.26. The number of hydrogen-bond acceptors (Lipinski definition) is 1. The highest BCUT2D eigenvalue weighted by molar-refractivity contribution is 9.11. The Morgan fingerprint density at radius 3 is 2.62 bits per heavy atom. The fourth-order valence-electron chi connectivity index (χ4n) is 2.84. The number of rotatable bonds is 5. The monoisotopic (exact) mass is 408 g/mol. The van der Waals surface area contributed by atoms with Crippen molar-refractivity contribution < 1.29 is 4.74 Å². The second-order valence-electron chi connectivity index (χ2n) is 5.43. The summed E-state index contributed by atoms with van der Waals surface area (Å²) in [4.78, 5) is 0.382. The average molecular weight is 410 g/mol. The summed E-state index contributed by atoms with van der Waals surface area (Å²) in [6.07, 6.45) is 1.25. The van der Waals surface area contributed by atoms with Crippen LogP contribution >= 0.6 is 31.9 Å². The second kappa shape index (κ2) is 6.53. The summed E-state index contributed by atoms with van der Waals surface area (Å²) in [6.45, 7) is 2.70. The van der Waals surface area contributed by atoms with Crippen molar-refractivity contribution in [3.8, 4) is 5.75 Å². The van der Waals surface area contributed by atoms with E-state index < -0.39 is 0 Å². The van der Waals surface area contributed by atoms with Gasteiger partial charge >= 0.3 is 0 Å². The molecule has 2 aromatic carbocycles. The van der Waals surface area contributed by atoms with Crippen LogP contribution in [0.1, 0.15) is 35.2 Å². The van der Waals surface area contributed by atoms with Crippen LogP contribution in [-0.2, 0) is 0 Å². The van der Waals surface area contributed by atoms with E-state index in [2.05, 4.69) is 80.4 Å². The summed E-state index contributed by atoms with van der Waals surface area (Å²) >= 11 is 7.57. The standard InChI is InChI=1S/C18H18Br2O/c1-2-21-13-8-9-14(17(19)10-13)18(20)16-11-15(16)12-6-4-3-5-7-12/h3-10,15-16,18H,2,11H2,1H3. The molecule has 0 bridgehead atoms. The van der Waals surface area contributed by atoms with Crippen LogP contribution in [-0.4, -0.2) is 6.61 Å². The van der Waals surface area contributed by atoms with Crippen molar-refractivity contribution in [2.45, 2.75) is 24.1 Å². The molecule has 0 N–H and O–H groups in total. The molecule has 3 heteroatoms. The Bertz CT molecular complexity index is 612. The molecule has 0 saturated heterocycles. The number of halogens is 2. The predicted octanol–water partition coefficient (Wildman–Crippen LogP) is 6.09. The molecule has 110 valence electrons. The molecule has 1 nitrogen and oxygen atoms in total. The van der Waals surface area contributed by atoms with Crippen molar-refractivity contribution in [1.82, 2.24) is 0 Å². The Morgan fingerprint density at radius 2 is 1.95 bits per heavy atom. The molecule has 3 unspecified atom stereocenters. The quantitative estimate of drug-likeness (QED) is 0.543. The zero-order valence-corrected chi connectivity index (χ0v) is 15.1. The van der Waals surface area contributed by atoms with Gasteiger partial charge in [0, 0.05) is 9.30 Å². The minimum atomic E-state index is 0.382. The summed E-state index contributed by atoms with van der Waals surface area (Å²) in [6, 6.07) is 17.1. The van der Waals surface area contributed by atoms with E-state index in [9.17, 15) is 0 Å². The van der Waals surface area contributed by atoms with Crippen LogP contribution in [0.25, 0.3) is 0 Å². The molecule has 0 heterocycles. The molecule has 3 atom stereocenters. The van der Waals surface area contributed by atoms with Gasteiger partial charge in [0.2, 0.25) is 0 Å². The molecule has 0 aromatic heterocycles. The molecule has 0 amide bonds. The van der Waals surface area contributed by atoms with Crippen molar-refractivity contribution in [2.75, 3.05) is 6.61 Å². The largest absolute Gasteiger partial charge is 0.494 e. The first-order chi connectivity index (χ1) is 10.2. The van der Waals surface area contributed by atoms with Gasteiger partial charge in [0.25, 0.3) is 0 Å². The molecule has 21 heavy (non-hydrogen) atoms. The molecular weight excluding hydrogens is 392 g/mol. The van der Waals surface area contributed by atoms with Crippen LogP contribution in [0.4, 0.5) is 0 Å². The lowest BCUT2D eigenvalue weighted by Gasteiger charge is -2.14. The molecule has 1 aliphatic rings. The van der Waals surface area contributed by atoms with Crippen LogP contribution < -0.4 is 4.74 Å². The SMILES string of the molecule is CCOc1ccc(C(Br)C2CC2c2ccccc2)c(Br)c1. The summed E-state index contributed by atoms with van der Waals surface area (Å²) < 4.78 is 6.66. The van der Waals surface area contributed by atoms with Crippen LogP contribution in [0.15, 0.2) is 53.0 Å². The van der Waals surface area contributed by atoms with Crippen molar-refractivity contribution in [3.63, 3.8) is 0 Å². The van der Waals surface area contributed by atoms with Crippen molar-refractivity contribution in [3.05, 3.63) is 64.1 Å². The molecule has 1 fully saturated rings. The van der Waals surface area contributed by atoms with E-state index in [1.165, 1.54) is 17.5 Å². The van der Waals surface area contributed by atoms with Gasteiger partial charge < -0.3 is 4.74 Å². The van der Waals surface area contributed by atoms with E-state index >= 15 is 0 Å². The number of hydrogen-bond donors (Lipinski definition) is 0. The smallest absolute Gasteiger partial charge is 0.120 e. The van der Waals surface area contributed by atoms with E-state index in [4.69, 9.17) is 4.74 Å². The fourth-order valence-corrected chi connectivity index (χ4v) is 4.74. The van der Waals surface area contributed by atoms with E-state index in [1.807, 2.05) is 6.92 Å². The van der Waals surface area contributed by atoms with E-state index in [0.29, 0.717) is 23.3 Å². The van der Waals surface area contributed by atoms with Crippen LogP contribution in [0, 0.1) is 5.92 Å². The highest BCUT2D eigenvalue weighted by Gasteiger charge is 2.43. The number of ether oxygens (including phenoxy) is 1. The topological polar surface area (TPSA) is 9.23 Å². The first-order valence-electron chi connectivity index (χ1n) is 7.32. The van der Waals surface area contributed by atoms with Gasteiger partial charge in [0.05, 0.1) is 6.61 Å². The molecule has 3 rings (SSSR count). The predicted molar refractivity (Wildman–Crippen MR) is 94.3 cm³/mol. The third-order valence-corrected chi connectivity index (χ3v) is 5.88. The van der Waals surface area contributed by atoms with Crippen LogP contribution in [0.3, 0.4) is 0 Å². The Labute approximate surface area is 143 Å². The molecule has 2 aromatic rings. The lowest BCUT2D eigenvalue weighted by molar-refractivity contribution is 0.340. The zero-order valence-electron chi connectivity index (χ0n) is 11.9. The minimum Gasteiger partial charge on any atom is -0.494 e. The zero-order chi connectivity index (χ0) is 14.8. The van der Waals surface area contributed by atoms with Gasteiger partial charge in [-0.05, 0) is 48.4 Å². The first kappa shape index (κ1) is 15.1. The Hall–Kier alpha value is -0.800. The molecule has 1 saturated carbocycles. The average Bonchev–Trinajstić information content (AvgIpc) is 3.28. The number of alkyl halides is 1. The van der Waals surface area contributed by atoms with Crippen LogP contribution in [0.2, 0.25) is 0 Å². The van der Waals surface area contributed by atoms with Gasteiger partial charge in [-0.25, -0.2) is 0 Å². The summed E-state index contributed by atoms with van der Waals surface area (Å²) in [7, 11) is 0. The van der Waals surface area contributed by atoms with Gasteiger partial charge in [-0.15, -0.1) is 0 Å². The highest BCUT2D eigenvalue weighted by Crippen LogP contribution is 2.58. The lowest BCUT2D eigenvalue weighted by atomic mass is 10.0. The molecule has 0 aliphatic heterocycles. The fraction of sp³-hybridized carbons (Fsp3) is 0.333. The first-order valence-corrected chi connectivity index (χ1v) is 9.03. The Balaban J connectivity index is 1.73. The molecule has 1 aliphatic carbocycles. The van der Waals surface area contributed by atoms with Gasteiger partial charge in [0.15, 0.2) is 0 Å². The minimum absolute atomic E-state index is 0.382. The maximum Gasteiger partial charge on any atom is 0.120 e. The Morgan fingerprint density at radius 1 is 1.19 bits per heavy atom. The third-order valence-electron chi connectivity index (χ3n) is 4.02. The van der Waals surface area contributed by atoms with E-state index in [1.54, 1.807) is 0 Å². The number of benzene rings is 2. The lowest BCUT2D eigenvalue weighted by Crippen LogP contribution is -1.97. The normalized spacial score (nSPS) is 21.9. The highest BCUT2D eigenvalue weighted by atomic mass is 79.9. The third kappa shape index (κ3) is 3.35. The summed E-state index contributed by atoms with van der Waals surface area (Å²) in [5.41, 5.74) is 2.76. The molecule has 0 radical (unpaired) electrons. The van der Waals surface area contributed by atoms with Crippen LogP contribution in [0.5, 0.6) is 5.75 Å². The van der Waals surface area contributed by atoms with Gasteiger partial charge in [-0.3, -0.25) is 0 Å². The van der Waals surface area contributed by atoms with Crippen molar-refractivity contribution >= 4 is 31.9 Å². The van der Waals surface area contributed by atoms with Crippen molar-refractivity contribution in [2.24, 2.45) is 5.92 Å². The summed E-state index contributed by atoms with van der Waals surface area (Å²) in [5, 5.41) is 0. The molecular formula is C18H18Br2O. The maximum atomic E-state index is 5.54. The molecule has 0 spiro atoms. The van der Waals surface area contributed by atoms with Gasteiger partial charge in [-0.2, -0.15) is 0 Å². The Kier molecular flexibility index (Phi) is 4.70. The second-order valence-corrected chi connectivity index (χ2v) is 7.28. The maximum absolute atomic E-state index is 5.54. The van der Waals surface area contributed by atoms with E-state index in [-0.39, 0.29) is 0 Å². The van der Waals surface area contributed by atoms with Gasteiger partial charge in [-0.1, -0.05) is 68.3 Å².